The predicted octanol–water partition coefficient (Wildman–Crippen LogP) is 2.79. The highest BCUT2D eigenvalue weighted by Crippen LogP contribution is 2.35. The first-order chi connectivity index (χ1) is 13.2. The number of benzene rings is 1. The first-order valence-corrected chi connectivity index (χ1v) is 8.94. The van der Waals surface area contributed by atoms with Crippen LogP contribution in [0.2, 0.25) is 0 Å². The molecule has 4 rings (SSSR count). The van der Waals surface area contributed by atoms with E-state index in [-0.39, 0.29) is 6.03 Å². The lowest BCUT2D eigenvalue weighted by atomic mass is 10.2. The van der Waals surface area contributed by atoms with Crippen LogP contribution in [0.15, 0.2) is 49.1 Å². The standard InChI is InChI=1S/C19H22N6O2/c1-27-17-5-3-2-4-14(17)12-25-18(8-9-22-25)23-19(26)21-11-16-10-20-13-24(16)15-6-7-15/h2-5,8-10,13,15H,6-7,11-12H2,1H3,(H2,21,23,26). The van der Waals surface area contributed by atoms with Crippen LogP contribution in [0.25, 0.3) is 0 Å². The van der Waals surface area contributed by atoms with E-state index in [1.807, 2.05) is 30.6 Å². The molecule has 2 amide bonds. The van der Waals surface area contributed by atoms with E-state index in [0.29, 0.717) is 24.9 Å². The SMILES string of the molecule is COc1ccccc1Cn1nccc1NC(=O)NCc1cncn1C1CC1. The van der Waals surface area contributed by atoms with Crippen LogP contribution in [0.3, 0.4) is 0 Å². The van der Waals surface area contributed by atoms with E-state index in [1.165, 1.54) is 12.8 Å². The van der Waals surface area contributed by atoms with Gasteiger partial charge in [0.15, 0.2) is 0 Å². The Morgan fingerprint density at radius 1 is 1.30 bits per heavy atom. The Hall–Kier alpha value is -3.29. The molecule has 1 aliphatic carbocycles. The van der Waals surface area contributed by atoms with Gasteiger partial charge in [0, 0.05) is 23.9 Å². The lowest BCUT2D eigenvalue weighted by Crippen LogP contribution is -2.30. The number of methoxy groups -OCH3 is 1. The van der Waals surface area contributed by atoms with Crippen LogP contribution in [0, 0.1) is 0 Å². The Balaban J connectivity index is 1.37. The van der Waals surface area contributed by atoms with Crippen LogP contribution < -0.4 is 15.4 Å². The minimum absolute atomic E-state index is 0.277. The van der Waals surface area contributed by atoms with E-state index in [4.69, 9.17) is 4.74 Å². The summed E-state index contributed by atoms with van der Waals surface area (Å²) in [7, 11) is 1.64. The highest BCUT2D eigenvalue weighted by atomic mass is 16.5. The van der Waals surface area contributed by atoms with Gasteiger partial charge in [-0.25, -0.2) is 14.5 Å². The first-order valence-electron chi connectivity index (χ1n) is 8.94. The second kappa shape index (κ2) is 7.53. The molecule has 8 nitrogen and oxygen atoms in total. The zero-order valence-electron chi connectivity index (χ0n) is 15.1. The van der Waals surface area contributed by atoms with Gasteiger partial charge in [0.1, 0.15) is 11.6 Å². The smallest absolute Gasteiger partial charge is 0.320 e. The van der Waals surface area contributed by atoms with Crippen molar-refractivity contribution in [2.45, 2.75) is 32.0 Å². The third-order valence-electron chi connectivity index (χ3n) is 4.59. The predicted molar refractivity (Wildman–Crippen MR) is 101 cm³/mol. The molecular weight excluding hydrogens is 344 g/mol. The zero-order valence-corrected chi connectivity index (χ0v) is 15.1. The summed E-state index contributed by atoms with van der Waals surface area (Å²) in [5.74, 6) is 1.41. The second-order valence-corrected chi connectivity index (χ2v) is 6.52. The van der Waals surface area contributed by atoms with Gasteiger partial charge in [0.25, 0.3) is 0 Å². The fourth-order valence-corrected chi connectivity index (χ4v) is 3.04. The number of urea groups is 1. The van der Waals surface area contributed by atoms with Gasteiger partial charge in [0.05, 0.1) is 38.4 Å². The third kappa shape index (κ3) is 3.94. The molecule has 2 heterocycles. The number of anilines is 1. The molecule has 8 heteroatoms. The van der Waals surface area contributed by atoms with Crippen molar-refractivity contribution < 1.29 is 9.53 Å². The summed E-state index contributed by atoms with van der Waals surface area (Å²) in [6, 6.07) is 9.78. The summed E-state index contributed by atoms with van der Waals surface area (Å²) in [6.07, 6.45) is 7.64. The van der Waals surface area contributed by atoms with Crippen LogP contribution in [0.4, 0.5) is 10.6 Å². The molecule has 0 saturated heterocycles. The number of amides is 2. The maximum absolute atomic E-state index is 12.3. The van der Waals surface area contributed by atoms with Gasteiger partial charge in [-0.05, 0) is 18.9 Å². The lowest BCUT2D eigenvalue weighted by molar-refractivity contribution is 0.251. The number of carbonyl (C=O) groups excluding carboxylic acids is 1. The number of nitrogens with zero attached hydrogens (tertiary/aromatic N) is 4. The molecule has 0 aliphatic heterocycles. The summed E-state index contributed by atoms with van der Waals surface area (Å²) >= 11 is 0. The topological polar surface area (TPSA) is 86.0 Å². The summed E-state index contributed by atoms with van der Waals surface area (Å²) < 4.78 is 9.24. The summed E-state index contributed by atoms with van der Waals surface area (Å²) in [6.45, 7) is 0.935. The Bertz CT molecular complexity index is 928. The molecule has 1 fully saturated rings. The van der Waals surface area contributed by atoms with E-state index in [1.54, 1.807) is 30.3 Å². The number of hydrogen-bond acceptors (Lipinski definition) is 4. The van der Waals surface area contributed by atoms with Gasteiger partial charge in [-0.15, -0.1) is 0 Å². The molecule has 0 bridgehead atoms. The molecule has 3 aromatic rings. The Morgan fingerprint density at radius 3 is 2.96 bits per heavy atom. The van der Waals surface area contributed by atoms with Crippen molar-refractivity contribution in [1.82, 2.24) is 24.6 Å². The van der Waals surface area contributed by atoms with Crippen LogP contribution in [-0.4, -0.2) is 32.5 Å². The molecule has 27 heavy (non-hydrogen) atoms. The van der Waals surface area contributed by atoms with Crippen molar-refractivity contribution in [2.24, 2.45) is 0 Å². The van der Waals surface area contributed by atoms with Crippen molar-refractivity contribution >= 4 is 11.8 Å². The van der Waals surface area contributed by atoms with Crippen LogP contribution in [0.5, 0.6) is 5.75 Å². The van der Waals surface area contributed by atoms with Crippen molar-refractivity contribution in [3.05, 3.63) is 60.3 Å². The van der Waals surface area contributed by atoms with Gasteiger partial charge >= 0.3 is 6.03 Å². The molecule has 0 radical (unpaired) electrons. The molecule has 1 aliphatic rings. The number of ether oxygens (including phenoxy) is 1. The molecule has 2 aromatic heterocycles. The second-order valence-electron chi connectivity index (χ2n) is 6.52. The van der Waals surface area contributed by atoms with Gasteiger partial charge < -0.3 is 14.6 Å². The molecule has 1 aromatic carbocycles. The average molecular weight is 366 g/mol. The lowest BCUT2D eigenvalue weighted by Gasteiger charge is -2.12. The molecule has 2 N–H and O–H groups in total. The summed E-state index contributed by atoms with van der Waals surface area (Å²) in [5, 5.41) is 10.0. The largest absolute Gasteiger partial charge is 0.496 e. The van der Waals surface area contributed by atoms with E-state index in [9.17, 15) is 4.79 Å². The van der Waals surface area contributed by atoms with E-state index in [0.717, 1.165) is 17.0 Å². The summed E-state index contributed by atoms with van der Waals surface area (Å²) in [4.78, 5) is 16.5. The molecule has 1 saturated carbocycles. The highest BCUT2D eigenvalue weighted by molar-refractivity contribution is 5.88. The van der Waals surface area contributed by atoms with Gasteiger partial charge in [-0.3, -0.25) is 5.32 Å². The van der Waals surface area contributed by atoms with Crippen molar-refractivity contribution in [1.29, 1.82) is 0 Å². The number of aromatic nitrogens is 4. The first kappa shape index (κ1) is 17.1. The summed E-state index contributed by atoms with van der Waals surface area (Å²) in [5.41, 5.74) is 2.00. The fourth-order valence-electron chi connectivity index (χ4n) is 3.04. The van der Waals surface area contributed by atoms with E-state index >= 15 is 0 Å². The number of rotatable bonds is 7. The van der Waals surface area contributed by atoms with Crippen LogP contribution >= 0.6 is 0 Å². The number of nitrogens with one attached hydrogen (secondary N) is 2. The fraction of sp³-hybridized carbons (Fsp3) is 0.316. The van der Waals surface area contributed by atoms with E-state index in [2.05, 4.69) is 25.3 Å². The van der Waals surface area contributed by atoms with Crippen LogP contribution in [-0.2, 0) is 13.1 Å². The average Bonchev–Trinajstić information content (AvgIpc) is 3.27. The van der Waals surface area contributed by atoms with Crippen molar-refractivity contribution in [3.63, 3.8) is 0 Å². The number of hydrogen-bond donors (Lipinski definition) is 2. The molecule has 0 unspecified atom stereocenters. The normalized spacial score (nSPS) is 13.4. The van der Waals surface area contributed by atoms with Crippen LogP contribution in [0.1, 0.15) is 30.1 Å². The minimum Gasteiger partial charge on any atom is -0.496 e. The Morgan fingerprint density at radius 2 is 2.15 bits per heavy atom. The van der Waals surface area contributed by atoms with E-state index < -0.39 is 0 Å². The van der Waals surface area contributed by atoms with Crippen molar-refractivity contribution in [3.8, 4) is 5.75 Å². The molecule has 0 atom stereocenters. The Kier molecular flexibility index (Phi) is 4.78. The molecule has 0 spiro atoms. The van der Waals surface area contributed by atoms with Crippen molar-refractivity contribution in [2.75, 3.05) is 12.4 Å². The number of carbonyl (C=O) groups is 1. The highest BCUT2D eigenvalue weighted by Gasteiger charge is 2.25. The maximum atomic E-state index is 12.3. The minimum atomic E-state index is -0.277. The van der Waals surface area contributed by atoms with Gasteiger partial charge in [-0.2, -0.15) is 5.10 Å². The number of imidazole rings is 1. The van der Waals surface area contributed by atoms with Gasteiger partial charge in [0.2, 0.25) is 0 Å². The third-order valence-corrected chi connectivity index (χ3v) is 4.59. The number of para-hydroxylation sites is 1. The Labute approximate surface area is 157 Å². The monoisotopic (exact) mass is 366 g/mol. The zero-order chi connectivity index (χ0) is 18.6. The quantitative estimate of drug-likeness (QED) is 0.673. The maximum Gasteiger partial charge on any atom is 0.320 e. The van der Waals surface area contributed by atoms with Gasteiger partial charge in [-0.1, -0.05) is 18.2 Å². The molecule has 140 valence electrons. The molecular formula is C19H22N6O2.